The molecule has 1 amide bonds. The first-order valence-corrected chi connectivity index (χ1v) is 9.41. The maximum atomic E-state index is 12.1. The van der Waals surface area contributed by atoms with Crippen molar-refractivity contribution in [3.05, 3.63) is 82.4 Å². The van der Waals surface area contributed by atoms with Crippen molar-refractivity contribution < 1.29 is 14.6 Å². The maximum Gasteiger partial charge on any atom is 0.262 e. The molecule has 29 heavy (non-hydrogen) atoms. The predicted molar refractivity (Wildman–Crippen MR) is 117 cm³/mol. The molecular weight excluding hydrogens is 388 g/mol. The van der Waals surface area contributed by atoms with E-state index >= 15 is 0 Å². The molecule has 0 fully saturated rings. The molecule has 0 spiro atoms. The fourth-order valence-corrected chi connectivity index (χ4v) is 2.77. The molecule has 0 radical (unpaired) electrons. The fourth-order valence-electron chi connectivity index (χ4n) is 2.60. The van der Waals surface area contributed by atoms with E-state index in [0.717, 1.165) is 16.8 Å². The van der Waals surface area contributed by atoms with E-state index in [2.05, 4.69) is 10.3 Å². The molecule has 0 saturated carbocycles. The van der Waals surface area contributed by atoms with E-state index in [4.69, 9.17) is 16.3 Å². The molecular formula is C23H21ClN2O3. The number of phenolic OH excluding ortho intramolecular Hbond substituents is 1. The SMILES string of the molecule is Cc1ccc(NC(=O)COc2cccc(C=Nc3ccc(Cl)cc3O)c2)cc1C. The number of aliphatic imine (C=N–C) groups is 1. The molecule has 3 aromatic carbocycles. The predicted octanol–water partition coefficient (Wildman–Crippen LogP) is 5.43. The average Bonchev–Trinajstić information content (AvgIpc) is 2.69. The van der Waals surface area contributed by atoms with Gasteiger partial charge in [-0.15, -0.1) is 0 Å². The van der Waals surface area contributed by atoms with Crippen LogP contribution in [0.15, 0.2) is 65.7 Å². The van der Waals surface area contributed by atoms with Crippen molar-refractivity contribution >= 4 is 35.1 Å². The Hall–Kier alpha value is -3.31. The molecule has 0 aliphatic carbocycles. The van der Waals surface area contributed by atoms with Crippen molar-refractivity contribution in [1.82, 2.24) is 0 Å². The molecule has 0 unspecified atom stereocenters. The number of aromatic hydroxyl groups is 1. The number of halogens is 1. The number of hydrogen-bond acceptors (Lipinski definition) is 4. The Morgan fingerprint density at radius 2 is 1.93 bits per heavy atom. The molecule has 0 heterocycles. The largest absolute Gasteiger partial charge is 0.506 e. The van der Waals surface area contributed by atoms with Crippen LogP contribution in [0.2, 0.25) is 5.02 Å². The molecule has 5 nitrogen and oxygen atoms in total. The van der Waals surface area contributed by atoms with E-state index in [1.54, 1.807) is 36.5 Å². The number of anilines is 1. The number of nitrogens with one attached hydrogen (secondary N) is 1. The van der Waals surface area contributed by atoms with Crippen LogP contribution >= 0.6 is 11.6 Å². The summed E-state index contributed by atoms with van der Waals surface area (Å²) in [5.74, 6) is 0.312. The molecule has 6 heteroatoms. The van der Waals surface area contributed by atoms with Gasteiger partial charge in [0.05, 0.1) is 0 Å². The van der Waals surface area contributed by atoms with E-state index in [9.17, 15) is 9.90 Å². The minimum absolute atomic E-state index is 0.00386. The lowest BCUT2D eigenvalue weighted by atomic mass is 10.1. The van der Waals surface area contributed by atoms with Gasteiger partial charge in [0.1, 0.15) is 17.2 Å². The summed E-state index contributed by atoms with van der Waals surface area (Å²) in [6.45, 7) is 3.92. The van der Waals surface area contributed by atoms with Gasteiger partial charge in [-0.05, 0) is 66.9 Å². The highest BCUT2D eigenvalue weighted by molar-refractivity contribution is 6.30. The van der Waals surface area contributed by atoms with Gasteiger partial charge in [0.2, 0.25) is 0 Å². The lowest BCUT2D eigenvalue weighted by molar-refractivity contribution is -0.118. The van der Waals surface area contributed by atoms with Crippen LogP contribution in [0.4, 0.5) is 11.4 Å². The number of carbonyl (C=O) groups excluding carboxylic acids is 1. The number of hydrogen-bond donors (Lipinski definition) is 2. The summed E-state index contributed by atoms with van der Waals surface area (Å²) in [6, 6.07) is 17.7. The van der Waals surface area contributed by atoms with E-state index in [1.165, 1.54) is 11.6 Å². The maximum absolute atomic E-state index is 12.1. The highest BCUT2D eigenvalue weighted by atomic mass is 35.5. The second-order valence-electron chi connectivity index (χ2n) is 6.60. The van der Waals surface area contributed by atoms with E-state index < -0.39 is 0 Å². The number of benzene rings is 3. The Morgan fingerprint density at radius 1 is 1.10 bits per heavy atom. The van der Waals surface area contributed by atoms with Crippen LogP contribution in [0.3, 0.4) is 0 Å². The third-order valence-corrected chi connectivity index (χ3v) is 4.54. The van der Waals surface area contributed by atoms with E-state index in [-0.39, 0.29) is 18.3 Å². The Morgan fingerprint density at radius 3 is 2.69 bits per heavy atom. The number of amides is 1. The van der Waals surface area contributed by atoms with Crippen molar-refractivity contribution in [3.63, 3.8) is 0 Å². The number of nitrogens with zero attached hydrogens (tertiary/aromatic N) is 1. The molecule has 3 aromatic rings. The van der Waals surface area contributed by atoms with Crippen molar-refractivity contribution in [2.45, 2.75) is 13.8 Å². The van der Waals surface area contributed by atoms with Crippen LogP contribution in [0, 0.1) is 13.8 Å². The molecule has 0 saturated heterocycles. The van der Waals surface area contributed by atoms with E-state index in [1.807, 2.05) is 38.1 Å². The lowest BCUT2D eigenvalue weighted by Crippen LogP contribution is -2.20. The lowest BCUT2D eigenvalue weighted by Gasteiger charge is -2.09. The molecule has 0 atom stereocenters. The molecule has 0 aromatic heterocycles. The summed E-state index contributed by atoms with van der Waals surface area (Å²) >= 11 is 5.82. The second-order valence-corrected chi connectivity index (χ2v) is 7.04. The van der Waals surface area contributed by atoms with Crippen LogP contribution in [-0.2, 0) is 4.79 Å². The molecule has 2 N–H and O–H groups in total. The minimum Gasteiger partial charge on any atom is -0.506 e. The standard InChI is InChI=1S/C23H21ClN2O3/c1-15-6-8-19(10-16(15)2)26-23(28)14-29-20-5-3-4-17(11-20)13-25-21-9-7-18(24)12-22(21)27/h3-13,27H,14H2,1-2H3,(H,26,28). The van der Waals surface area contributed by atoms with Gasteiger partial charge in [-0.1, -0.05) is 29.8 Å². The Bertz CT molecular complexity index is 1060. The summed E-state index contributed by atoms with van der Waals surface area (Å²) in [5.41, 5.74) is 4.21. The zero-order valence-electron chi connectivity index (χ0n) is 16.1. The van der Waals surface area contributed by atoms with Crippen molar-refractivity contribution in [2.75, 3.05) is 11.9 Å². The van der Waals surface area contributed by atoms with Gasteiger partial charge in [0.15, 0.2) is 6.61 Å². The summed E-state index contributed by atoms with van der Waals surface area (Å²) in [7, 11) is 0. The van der Waals surface area contributed by atoms with Gasteiger partial charge in [0.25, 0.3) is 5.91 Å². The molecule has 0 aliphatic heterocycles. The van der Waals surface area contributed by atoms with Crippen LogP contribution in [0.5, 0.6) is 11.5 Å². The van der Waals surface area contributed by atoms with Gasteiger partial charge >= 0.3 is 0 Å². The summed E-state index contributed by atoms with van der Waals surface area (Å²) in [5, 5.41) is 13.1. The quantitative estimate of drug-likeness (QED) is 0.534. The third kappa shape index (κ3) is 5.83. The number of aryl methyl sites for hydroxylation is 2. The Labute approximate surface area is 174 Å². The van der Waals surface area contributed by atoms with Gasteiger partial charge in [0, 0.05) is 23.0 Å². The van der Waals surface area contributed by atoms with Crippen LogP contribution in [0.25, 0.3) is 0 Å². The average molecular weight is 409 g/mol. The zero-order valence-corrected chi connectivity index (χ0v) is 16.9. The Balaban J connectivity index is 1.60. The first-order valence-electron chi connectivity index (χ1n) is 9.03. The van der Waals surface area contributed by atoms with Gasteiger partial charge in [-0.2, -0.15) is 0 Å². The van der Waals surface area contributed by atoms with E-state index in [0.29, 0.717) is 16.5 Å². The third-order valence-electron chi connectivity index (χ3n) is 4.31. The number of ether oxygens (including phenoxy) is 1. The van der Waals surface area contributed by atoms with Crippen molar-refractivity contribution in [2.24, 2.45) is 4.99 Å². The second kappa shape index (κ2) is 9.26. The minimum atomic E-state index is -0.238. The molecule has 3 rings (SSSR count). The highest BCUT2D eigenvalue weighted by Gasteiger charge is 2.05. The first kappa shape index (κ1) is 20.4. The molecule has 148 valence electrons. The van der Waals surface area contributed by atoms with Gasteiger partial charge < -0.3 is 15.2 Å². The van der Waals surface area contributed by atoms with Crippen molar-refractivity contribution in [1.29, 1.82) is 0 Å². The van der Waals surface area contributed by atoms with Crippen LogP contribution in [-0.4, -0.2) is 23.8 Å². The first-order chi connectivity index (χ1) is 13.9. The molecule has 0 aliphatic rings. The van der Waals surface area contributed by atoms with Crippen LogP contribution < -0.4 is 10.1 Å². The summed E-state index contributed by atoms with van der Waals surface area (Å²) in [4.78, 5) is 16.4. The van der Waals surface area contributed by atoms with Gasteiger partial charge in [-0.3, -0.25) is 9.79 Å². The number of phenols is 1. The van der Waals surface area contributed by atoms with Gasteiger partial charge in [-0.25, -0.2) is 0 Å². The monoisotopic (exact) mass is 408 g/mol. The van der Waals surface area contributed by atoms with Crippen LogP contribution in [0.1, 0.15) is 16.7 Å². The zero-order chi connectivity index (χ0) is 20.8. The number of rotatable bonds is 6. The smallest absolute Gasteiger partial charge is 0.262 e. The molecule has 0 bridgehead atoms. The Kier molecular flexibility index (Phi) is 6.52. The number of carbonyl (C=O) groups is 1. The fraction of sp³-hybridized carbons (Fsp3) is 0.130. The summed E-state index contributed by atoms with van der Waals surface area (Å²) in [6.07, 6.45) is 1.60. The van der Waals surface area contributed by atoms with Crippen molar-refractivity contribution in [3.8, 4) is 11.5 Å². The summed E-state index contributed by atoms with van der Waals surface area (Å²) < 4.78 is 5.59. The normalized spacial score (nSPS) is 10.9. The topological polar surface area (TPSA) is 70.9 Å². The highest BCUT2D eigenvalue weighted by Crippen LogP contribution is 2.29.